The van der Waals surface area contributed by atoms with Gasteiger partial charge in [-0.15, -0.1) is 5.10 Å². The highest BCUT2D eigenvalue weighted by molar-refractivity contribution is 5.93. The summed E-state index contributed by atoms with van der Waals surface area (Å²) < 4.78 is 13.1. The minimum atomic E-state index is -0.436. The van der Waals surface area contributed by atoms with Gasteiger partial charge in [0, 0.05) is 31.7 Å². The Morgan fingerprint density at radius 2 is 1.79 bits per heavy atom. The van der Waals surface area contributed by atoms with Crippen molar-refractivity contribution in [2.75, 3.05) is 0 Å². The average molecular weight is 460 g/mol. The zero-order valence-electron chi connectivity index (χ0n) is 19.0. The van der Waals surface area contributed by atoms with Crippen LogP contribution in [0.15, 0.2) is 54.6 Å². The van der Waals surface area contributed by atoms with Gasteiger partial charge < -0.3 is 9.47 Å². The van der Waals surface area contributed by atoms with E-state index in [1.807, 2.05) is 42.5 Å². The minimum Gasteiger partial charge on any atom is -0.462 e. The van der Waals surface area contributed by atoms with Gasteiger partial charge in [0.2, 0.25) is 0 Å². The fourth-order valence-electron chi connectivity index (χ4n) is 5.04. The Morgan fingerprint density at radius 3 is 2.47 bits per heavy atom. The molecule has 2 aromatic carbocycles. The van der Waals surface area contributed by atoms with Crippen LogP contribution in [0.25, 0.3) is 11.1 Å². The van der Waals surface area contributed by atoms with Crippen LogP contribution < -0.4 is 0 Å². The van der Waals surface area contributed by atoms with Gasteiger partial charge in [-0.05, 0) is 30.2 Å². The number of ketones is 1. The molecule has 0 unspecified atom stereocenters. The maximum absolute atomic E-state index is 13.0. The molecule has 1 aliphatic carbocycles. The number of rotatable bonds is 6. The lowest BCUT2D eigenvalue weighted by molar-refractivity contribution is -0.141. The van der Waals surface area contributed by atoms with Crippen molar-refractivity contribution in [1.82, 2.24) is 15.0 Å². The van der Waals surface area contributed by atoms with Crippen LogP contribution in [0.5, 0.6) is 0 Å². The number of ether oxygens (including phenoxy) is 2. The molecule has 1 aromatic heterocycles. The molecule has 0 spiro atoms. The van der Waals surface area contributed by atoms with E-state index in [9.17, 15) is 14.4 Å². The van der Waals surface area contributed by atoms with Crippen molar-refractivity contribution in [3.8, 4) is 11.1 Å². The lowest BCUT2D eigenvalue weighted by Gasteiger charge is -2.23. The summed E-state index contributed by atoms with van der Waals surface area (Å²) in [6.45, 7) is 3.62. The summed E-state index contributed by atoms with van der Waals surface area (Å²) in [4.78, 5) is 36.7. The van der Waals surface area contributed by atoms with Crippen molar-refractivity contribution in [3.63, 3.8) is 0 Å². The Hall–Kier alpha value is -3.81. The highest BCUT2D eigenvalue weighted by atomic mass is 16.6. The number of esters is 2. The number of Topliss-reactive ketones (excluding diaryl/α,β-unsaturated/α-hetero) is 1. The predicted molar refractivity (Wildman–Crippen MR) is 122 cm³/mol. The SMILES string of the molecule is CC(=O)c1nnn(C[C@@H]2[C@H]3CC(=O)O[C@H]3C[C@H]2OC(=O)c2ccc(-c3ccccc3)cc2)c1C. The van der Waals surface area contributed by atoms with E-state index in [1.54, 1.807) is 23.7 Å². The number of nitrogens with zero attached hydrogens (tertiary/aromatic N) is 3. The number of benzene rings is 2. The molecule has 1 aliphatic heterocycles. The van der Waals surface area contributed by atoms with Gasteiger partial charge in [0.1, 0.15) is 12.2 Å². The topological polar surface area (TPSA) is 100 Å². The molecule has 0 N–H and O–H groups in total. The van der Waals surface area contributed by atoms with E-state index < -0.39 is 12.1 Å². The molecule has 1 saturated heterocycles. The third-order valence-electron chi connectivity index (χ3n) is 6.84. The van der Waals surface area contributed by atoms with Crippen molar-refractivity contribution < 1.29 is 23.9 Å². The van der Waals surface area contributed by atoms with E-state index in [-0.39, 0.29) is 36.1 Å². The normalized spacial score (nSPS) is 23.4. The quantitative estimate of drug-likeness (QED) is 0.410. The largest absolute Gasteiger partial charge is 0.462 e. The third kappa shape index (κ3) is 4.11. The Labute approximate surface area is 196 Å². The first-order valence-corrected chi connectivity index (χ1v) is 11.4. The number of hydrogen-bond acceptors (Lipinski definition) is 7. The molecule has 0 radical (unpaired) electrons. The number of aromatic nitrogens is 3. The first-order chi connectivity index (χ1) is 16.4. The number of fused-ring (bicyclic) bond motifs is 1. The van der Waals surface area contributed by atoms with Crippen molar-refractivity contribution >= 4 is 17.7 Å². The zero-order chi connectivity index (χ0) is 23.8. The summed E-state index contributed by atoms with van der Waals surface area (Å²) in [5, 5.41) is 8.11. The smallest absolute Gasteiger partial charge is 0.338 e. The summed E-state index contributed by atoms with van der Waals surface area (Å²) in [6, 6.07) is 17.2. The monoisotopic (exact) mass is 459 g/mol. The summed E-state index contributed by atoms with van der Waals surface area (Å²) in [6.07, 6.45) is 0.00524. The predicted octanol–water partition coefficient (Wildman–Crippen LogP) is 3.63. The zero-order valence-corrected chi connectivity index (χ0v) is 19.0. The first-order valence-electron chi connectivity index (χ1n) is 11.4. The van der Waals surface area contributed by atoms with Gasteiger partial charge in [0.25, 0.3) is 0 Å². The van der Waals surface area contributed by atoms with Crippen LogP contribution in [0.4, 0.5) is 0 Å². The number of carbonyl (C=O) groups is 3. The fraction of sp³-hybridized carbons (Fsp3) is 0.346. The lowest BCUT2D eigenvalue weighted by atomic mass is 9.92. The second kappa shape index (κ2) is 8.85. The van der Waals surface area contributed by atoms with Crippen LogP contribution in [0.1, 0.15) is 46.3 Å². The van der Waals surface area contributed by atoms with Gasteiger partial charge in [0.15, 0.2) is 11.5 Å². The molecule has 0 amide bonds. The van der Waals surface area contributed by atoms with Crippen LogP contribution >= 0.6 is 0 Å². The fourth-order valence-corrected chi connectivity index (χ4v) is 5.04. The van der Waals surface area contributed by atoms with Crippen LogP contribution in [0, 0.1) is 18.8 Å². The molecule has 174 valence electrons. The summed E-state index contributed by atoms with van der Waals surface area (Å²) >= 11 is 0. The van der Waals surface area contributed by atoms with E-state index in [2.05, 4.69) is 10.3 Å². The van der Waals surface area contributed by atoms with Crippen molar-refractivity contribution in [1.29, 1.82) is 0 Å². The van der Waals surface area contributed by atoms with Crippen molar-refractivity contribution in [3.05, 3.63) is 71.5 Å². The summed E-state index contributed by atoms with van der Waals surface area (Å²) in [5.41, 5.74) is 3.52. The van der Waals surface area contributed by atoms with Gasteiger partial charge in [-0.2, -0.15) is 0 Å². The van der Waals surface area contributed by atoms with Gasteiger partial charge in [-0.3, -0.25) is 9.59 Å². The Bertz CT molecular complexity index is 1240. The minimum absolute atomic E-state index is 0.0739. The van der Waals surface area contributed by atoms with Crippen molar-refractivity contribution in [2.24, 2.45) is 11.8 Å². The maximum atomic E-state index is 13.0. The molecule has 34 heavy (non-hydrogen) atoms. The van der Waals surface area contributed by atoms with E-state index in [0.29, 0.717) is 29.9 Å². The van der Waals surface area contributed by atoms with E-state index in [1.165, 1.54) is 6.92 Å². The van der Waals surface area contributed by atoms with Gasteiger partial charge >= 0.3 is 11.9 Å². The van der Waals surface area contributed by atoms with Gasteiger partial charge in [-0.1, -0.05) is 47.7 Å². The molecule has 8 heteroatoms. The van der Waals surface area contributed by atoms with Crippen LogP contribution in [0.2, 0.25) is 0 Å². The van der Waals surface area contributed by atoms with Crippen molar-refractivity contribution in [2.45, 2.75) is 45.4 Å². The average Bonchev–Trinajstić information content (AvgIpc) is 3.47. The Kier molecular flexibility index (Phi) is 5.73. The van der Waals surface area contributed by atoms with Gasteiger partial charge in [0.05, 0.1) is 17.7 Å². The standard InChI is InChI=1S/C26H25N3O5/c1-15-25(16(2)30)27-28-29(15)14-21-20-12-24(31)33-22(20)13-23(21)34-26(32)19-10-8-18(9-11-19)17-6-4-3-5-7-17/h3-11,20-23H,12-14H2,1-2H3/t20-,21-,22+,23-/m1/s1. The molecule has 2 fully saturated rings. The molecular formula is C26H25N3O5. The molecule has 2 aliphatic rings. The molecule has 1 saturated carbocycles. The molecule has 8 nitrogen and oxygen atoms in total. The second-order valence-electron chi connectivity index (χ2n) is 8.94. The van der Waals surface area contributed by atoms with Crippen LogP contribution in [0.3, 0.4) is 0 Å². The molecule has 2 heterocycles. The molecule has 4 atom stereocenters. The molecule has 3 aromatic rings. The molecular weight excluding hydrogens is 434 g/mol. The van der Waals surface area contributed by atoms with Crippen LogP contribution in [-0.4, -0.2) is 44.9 Å². The third-order valence-corrected chi connectivity index (χ3v) is 6.84. The number of carbonyl (C=O) groups excluding carboxylic acids is 3. The van der Waals surface area contributed by atoms with E-state index in [0.717, 1.165) is 11.1 Å². The highest BCUT2D eigenvalue weighted by Gasteiger charge is 2.52. The van der Waals surface area contributed by atoms with E-state index >= 15 is 0 Å². The molecule has 5 rings (SSSR count). The maximum Gasteiger partial charge on any atom is 0.338 e. The van der Waals surface area contributed by atoms with E-state index in [4.69, 9.17) is 9.47 Å². The molecule has 0 bridgehead atoms. The van der Waals surface area contributed by atoms with Gasteiger partial charge in [-0.25, -0.2) is 9.48 Å². The summed E-state index contributed by atoms with van der Waals surface area (Å²) in [7, 11) is 0. The Balaban J connectivity index is 1.34. The Morgan fingerprint density at radius 1 is 1.09 bits per heavy atom. The van der Waals surface area contributed by atoms with Crippen LogP contribution in [-0.2, 0) is 20.8 Å². The second-order valence-corrected chi connectivity index (χ2v) is 8.94. The first kappa shape index (κ1) is 22.0. The lowest BCUT2D eigenvalue weighted by Crippen LogP contribution is -2.30. The highest BCUT2D eigenvalue weighted by Crippen LogP contribution is 2.44. The summed E-state index contributed by atoms with van der Waals surface area (Å²) in [5.74, 6) is -1.06. The number of hydrogen-bond donors (Lipinski definition) is 0.